The Hall–Kier alpha value is -6.62. The highest BCUT2D eigenvalue weighted by Crippen LogP contribution is 2.52. The molecule has 0 aliphatic carbocycles. The Morgan fingerprint density at radius 1 is 0.404 bits per heavy atom. The van der Waals surface area contributed by atoms with Gasteiger partial charge in [0.15, 0.2) is 0 Å². The molecule has 11 rings (SSSR count). The average Bonchev–Trinajstić information content (AvgIpc) is 3.90. The molecule has 8 aromatic carbocycles. The molecule has 0 amide bonds. The number of rotatable bonds is 5. The van der Waals surface area contributed by atoms with Gasteiger partial charge < -0.3 is 13.7 Å². The summed E-state index contributed by atoms with van der Waals surface area (Å²) in [4.78, 5) is 2.46. The van der Waals surface area contributed by atoms with Gasteiger partial charge in [0, 0.05) is 47.8 Å². The zero-order valence-corrected chi connectivity index (χ0v) is 28.7. The van der Waals surface area contributed by atoms with Crippen LogP contribution < -0.4 is 4.90 Å². The lowest BCUT2D eigenvalue weighted by atomic mass is 9.96. The number of anilines is 3. The van der Waals surface area contributed by atoms with Gasteiger partial charge in [0.1, 0.15) is 22.3 Å². The van der Waals surface area contributed by atoms with Crippen molar-refractivity contribution in [1.29, 1.82) is 0 Å². The van der Waals surface area contributed by atoms with Crippen molar-refractivity contribution in [2.75, 3.05) is 4.90 Å². The number of thiophene rings is 1. The van der Waals surface area contributed by atoms with Crippen molar-refractivity contribution in [1.82, 2.24) is 0 Å². The van der Waals surface area contributed by atoms with E-state index in [1.807, 2.05) is 23.5 Å². The van der Waals surface area contributed by atoms with E-state index < -0.39 is 0 Å². The summed E-state index contributed by atoms with van der Waals surface area (Å²) >= 11 is 1.84. The van der Waals surface area contributed by atoms with Crippen LogP contribution in [0.15, 0.2) is 185 Å². The van der Waals surface area contributed by atoms with Crippen molar-refractivity contribution in [3.8, 4) is 22.3 Å². The van der Waals surface area contributed by atoms with Crippen molar-refractivity contribution >= 4 is 92.4 Å². The van der Waals surface area contributed by atoms with Crippen LogP contribution in [0, 0.1) is 0 Å². The molecule has 11 aromatic rings. The van der Waals surface area contributed by atoms with Gasteiger partial charge in [-0.3, -0.25) is 0 Å². The minimum absolute atomic E-state index is 0.845. The summed E-state index contributed by atoms with van der Waals surface area (Å²) in [5.41, 5.74) is 11.0. The molecule has 0 aliphatic rings. The highest BCUT2D eigenvalue weighted by atomic mass is 32.1. The molecule has 3 heterocycles. The van der Waals surface area contributed by atoms with E-state index in [4.69, 9.17) is 8.83 Å². The Morgan fingerprint density at radius 2 is 1.00 bits per heavy atom. The minimum atomic E-state index is 0.845. The van der Waals surface area contributed by atoms with Gasteiger partial charge in [-0.15, -0.1) is 11.3 Å². The van der Waals surface area contributed by atoms with Gasteiger partial charge in [-0.2, -0.15) is 0 Å². The van der Waals surface area contributed by atoms with Gasteiger partial charge >= 0.3 is 0 Å². The Balaban J connectivity index is 1.33. The van der Waals surface area contributed by atoms with E-state index in [1.54, 1.807) is 0 Å². The van der Waals surface area contributed by atoms with E-state index in [0.717, 1.165) is 83.2 Å². The second kappa shape index (κ2) is 11.5. The number of furan rings is 2. The lowest BCUT2D eigenvalue weighted by Gasteiger charge is -2.30. The van der Waals surface area contributed by atoms with Crippen molar-refractivity contribution in [2.24, 2.45) is 0 Å². The molecule has 244 valence electrons. The molecule has 3 aromatic heterocycles. The lowest BCUT2D eigenvalue weighted by molar-refractivity contribution is 0.669. The zero-order chi connectivity index (χ0) is 34.2. The number of hydrogen-bond acceptors (Lipinski definition) is 4. The maximum Gasteiger partial charge on any atom is 0.145 e. The molecule has 0 saturated carbocycles. The third-order valence-electron chi connectivity index (χ3n) is 10.3. The van der Waals surface area contributed by atoms with Crippen molar-refractivity contribution in [2.45, 2.75) is 0 Å². The van der Waals surface area contributed by atoms with Crippen LogP contribution in [0.5, 0.6) is 0 Å². The third-order valence-corrected chi connectivity index (χ3v) is 11.4. The first kappa shape index (κ1) is 29.1. The molecule has 0 fully saturated rings. The monoisotopic (exact) mass is 683 g/mol. The predicted octanol–water partition coefficient (Wildman–Crippen LogP) is 14.7. The van der Waals surface area contributed by atoms with Gasteiger partial charge in [-0.05, 0) is 71.8 Å². The normalized spacial score (nSPS) is 11.8. The summed E-state index contributed by atoms with van der Waals surface area (Å²) < 4.78 is 16.0. The molecule has 0 N–H and O–H groups in total. The zero-order valence-electron chi connectivity index (χ0n) is 27.9. The average molecular weight is 684 g/mol. The second-order valence-corrected chi connectivity index (χ2v) is 14.3. The van der Waals surface area contributed by atoms with Crippen LogP contribution >= 0.6 is 11.3 Å². The maximum atomic E-state index is 6.83. The van der Waals surface area contributed by atoms with Crippen molar-refractivity contribution < 1.29 is 8.83 Å². The van der Waals surface area contributed by atoms with E-state index in [0.29, 0.717) is 0 Å². The van der Waals surface area contributed by atoms with Crippen molar-refractivity contribution in [3.05, 3.63) is 176 Å². The van der Waals surface area contributed by atoms with E-state index in [-0.39, 0.29) is 0 Å². The standard InChI is InChI=1S/C48H29NO2S/c1-3-13-30(14-4-1)33-25-27-42-46(37-19-8-10-20-40(37)50-42)47(33)49(32-23-28-44-38(29-32)35-17-9-12-22-43(35)52-44)39-26-24-34(31-15-5-2-6-16-31)48-45(39)36-18-7-11-21-41(36)51-48/h1-29H. The molecule has 0 spiro atoms. The topological polar surface area (TPSA) is 29.5 Å². The Labute approximate surface area is 303 Å². The summed E-state index contributed by atoms with van der Waals surface area (Å²) in [5, 5.41) is 6.78. The maximum absolute atomic E-state index is 6.83. The molecule has 3 nitrogen and oxygen atoms in total. The highest BCUT2D eigenvalue weighted by Gasteiger charge is 2.28. The predicted molar refractivity (Wildman–Crippen MR) is 219 cm³/mol. The molecule has 0 saturated heterocycles. The molecule has 0 unspecified atom stereocenters. The van der Waals surface area contributed by atoms with Gasteiger partial charge in [0.2, 0.25) is 0 Å². The van der Waals surface area contributed by atoms with Crippen LogP contribution in [0.1, 0.15) is 0 Å². The first-order valence-corrected chi connectivity index (χ1v) is 18.3. The molecular formula is C48H29NO2S. The van der Waals surface area contributed by atoms with Gasteiger partial charge in [-0.1, -0.05) is 115 Å². The van der Waals surface area contributed by atoms with Crippen LogP contribution in [-0.2, 0) is 0 Å². The number of hydrogen-bond donors (Lipinski definition) is 0. The van der Waals surface area contributed by atoms with E-state index >= 15 is 0 Å². The van der Waals surface area contributed by atoms with Gasteiger partial charge in [0.05, 0.1) is 22.1 Å². The fraction of sp³-hybridized carbons (Fsp3) is 0. The lowest BCUT2D eigenvalue weighted by Crippen LogP contribution is -2.12. The first-order valence-electron chi connectivity index (χ1n) is 17.5. The minimum Gasteiger partial charge on any atom is -0.456 e. The highest BCUT2D eigenvalue weighted by molar-refractivity contribution is 7.25. The Bertz CT molecular complexity index is 3130. The Kier molecular flexibility index (Phi) is 6.42. The third kappa shape index (κ3) is 4.38. The van der Waals surface area contributed by atoms with Crippen LogP contribution in [0.2, 0.25) is 0 Å². The molecule has 4 heteroatoms. The number of benzene rings is 8. The largest absolute Gasteiger partial charge is 0.456 e. The number of nitrogens with zero attached hydrogens (tertiary/aromatic N) is 1. The molecule has 52 heavy (non-hydrogen) atoms. The smallest absolute Gasteiger partial charge is 0.145 e. The fourth-order valence-electron chi connectivity index (χ4n) is 7.97. The Morgan fingerprint density at radius 3 is 1.77 bits per heavy atom. The molecule has 0 atom stereocenters. The quantitative estimate of drug-likeness (QED) is 0.181. The second-order valence-electron chi connectivity index (χ2n) is 13.2. The van der Waals surface area contributed by atoms with Crippen LogP contribution in [0.4, 0.5) is 17.1 Å². The first-order chi connectivity index (χ1) is 25.8. The number of para-hydroxylation sites is 2. The molecule has 0 radical (unpaired) electrons. The summed E-state index contributed by atoms with van der Waals surface area (Å²) in [6.07, 6.45) is 0. The molecule has 0 aliphatic heterocycles. The van der Waals surface area contributed by atoms with Crippen LogP contribution in [0.3, 0.4) is 0 Å². The SMILES string of the molecule is c1ccc(-c2ccc3oc4ccccc4c3c2N(c2ccc3sc4ccccc4c3c2)c2ccc(-c3ccccc3)c3oc4ccccc4c23)cc1. The van der Waals surface area contributed by atoms with E-state index in [1.165, 1.54) is 20.2 Å². The van der Waals surface area contributed by atoms with Gasteiger partial charge in [-0.25, -0.2) is 0 Å². The van der Waals surface area contributed by atoms with Crippen molar-refractivity contribution in [3.63, 3.8) is 0 Å². The molecular weight excluding hydrogens is 655 g/mol. The van der Waals surface area contributed by atoms with Crippen LogP contribution in [-0.4, -0.2) is 0 Å². The summed E-state index contributed by atoms with van der Waals surface area (Å²) in [7, 11) is 0. The summed E-state index contributed by atoms with van der Waals surface area (Å²) in [6.45, 7) is 0. The van der Waals surface area contributed by atoms with Gasteiger partial charge in [0.25, 0.3) is 0 Å². The summed E-state index contributed by atoms with van der Waals surface area (Å²) in [5.74, 6) is 0. The van der Waals surface area contributed by atoms with E-state index in [2.05, 4.69) is 169 Å². The van der Waals surface area contributed by atoms with E-state index in [9.17, 15) is 0 Å². The summed E-state index contributed by atoms with van der Waals surface area (Å²) in [6, 6.07) is 62.4. The fourth-order valence-corrected chi connectivity index (χ4v) is 9.05. The number of fused-ring (bicyclic) bond motifs is 9. The molecule has 0 bridgehead atoms. The van der Waals surface area contributed by atoms with Crippen LogP contribution in [0.25, 0.3) is 86.3 Å².